The van der Waals surface area contributed by atoms with Crippen molar-refractivity contribution < 1.29 is 18.3 Å². The van der Waals surface area contributed by atoms with E-state index in [0.717, 1.165) is 0 Å². The lowest BCUT2D eigenvalue weighted by Crippen LogP contribution is -2.22. The Kier molecular flexibility index (Phi) is 3.69. The third-order valence-corrected chi connectivity index (χ3v) is 3.06. The Morgan fingerprint density at radius 3 is 2.53 bits per heavy atom. The number of rotatable bonds is 2. The molecule has 2 aromatic rings. The predicted molar refractivity (Wildman–Crippen MR) is 67.0 cm³/mol. The molecule has 1 N–H and O–H groups in total. The Morgan fingerprint density at radius 1 is 1.32 bits per heavy atom. The Bertz CT molecular complexity index is 595. The SMILES string of the molecule is Cc1ccn(-c2cc(Br)ccc2[C@@H](O)C(F)(F)F)n1. The number of aryl methyl sites for hydroxylation is 1. The van der Waals surface area contributed by atoms with Gasteiger partial charge in [0.1, 0.15) is 0 Å². The number of alkyl halides is 3. The zero-order valence-electron chi connectivity index (χ0n) is 9.82. The van der Waals surface area contributed by atoms with Crippen LogP contribution in [0.15, 0.2) is 34.9 Å². The van der Waals surface area contributed by atoms with E-state index in [9.17, 15) is 18.3 Å². The van der Waals surface area contributed by atoms with Gasteiger partial charge in [0, 0.05) is 16.2 Å². The maximum Gasteiger partial charge on any atom is 0.418 e. The van der Waals surface area contributed by atoms with Gasteiger partial charge < -0.3 is 5.11 Å². The largest absolute Gasteiger partial charge is 0.418 e. The summed E-state index contributed by atoms with van der Waals surface area (Å²) in [6, 6.07) is 5.83. The summed E-state index contributed by atoms with van der Waals surface area (Å²) in [5, 5.41) is 13.5. The van der Waals surface area contributed by atoms with Crippen molar-refractivity contribution in [3.63, 3.8) is 0 Å². The molecule has 1 atom stereocenters. The second kappa shape index (κ2) is 4.97. The van der Waals surface area contributed by atoms with Crippen LogP contribution in [0.3, 0.4) is 0 Å². The van der Waals surface area contributed by atoms with Crippen LogP contribution in [-0.4, -0.2) is 21.1 Å². The Labute approximate surface area is 115 Å². The van der Waals surface area contributed by atoms with E-state index in [1.807, 2.05) is 0 Å². The van der Waals surface area contributed by atoms with Crippen molar-refractivity contribution in [2.45, 2.75) is 19.2 Å². The average molecular weight is 335 g/mol. The highest BCUT2D eigenvalue weighted by Crippen LogP contribution is 2.36. The molecule has 0 spiro atoms. The highest BCUT2D eigenvalue weighted by molar-refractivity contribution is 9.10. The van der Waals surface area contributed by atoms with Crippen molar-refractivity contribution in [2.24, 2.45) is 0 Å². The molecule has 0 unspecified atom stereocenters. The van der Waals surface area contributed by atoms with Gasteiger partial charge in [-0.1, -0.05) is 22.0 Å². The van der Waals surface area contributed by atoms with Gasteiger partial charge in [0.15, 0.2) is 6.10 Å². The topological polar surface area (TPSA) is 38.0 Å². The van der Waals surface area contributed by atoms with Crippen LogP contribution in [0.2, 0.25) is 0 Å². The van der Waals surface area contributed by atoms with Crippen LogP contribution in [0.5, 0.6) is 0 Å². The van der Waals surface area contributed by atoms with E-state index in [1.165, 1.54) is 22.9 Å². The minimum Gasteiger partial charge on any atom is -0.379 e. The predicted octanol–water partition coefficient (Wildman–Crippen LogP) is 3.54. The molecule has 0 saturated carbocycles. The lowest BCUT2D eigenvalue weighted by molar-refractivity contribution is -0.206. The van der Waals surface area contributed by atoms with E-state index in [1.54, 1.807) is 19.2 Å². The molecule has 102 valence electrons. The van der Waals surface area contributed by atoms with E-state index in [0.29, 0.717) is 10.2 Å². The molecular formula is C12H10BrF3N2O. The molecule has 0 radical (unpaired) electrons. The third-order valence-electron chi connectivity index (χ3n) is 2.57. The number of nitrogens with zero attached hydrogens (tertiary/aromatic N) is 2. The first-order valence-electron chi connectivity index (χ1n) is 5.36. The molecule has 0 fully saturated rings. The summed E-state index contributed by atoms with van der Waals surface area (Å²) >= 11 is 3.20. The molecule has 0 aliphatic rings. The fraction of sp³-hybridized carbons (Fsp3) is 0.250. The first kappa shape index (κ1) is 14.1. The fourth-order valence-electron chi connectivity index (χ4n) is 1.67. The standard InChI is InChI=1S/C12H10BrF3N2O/c1-7-4-5-18(17-7)10-6-8(13)2-3-9(10)11(19)12(14,15)16/h2-6,11,19H,1H3/t11-/m1/s1. The summed E-state index contributed by atoms with van der Waals surface area (Å²) in [5.41, 5.74) is 0.624. The van der Waals surface area contributed by atoms with Crippen LogP contribution in [0, 0.1) is 6.92 Å². The monoisotopic (exact) mass is 334 g/mol. The average Bonchev–Trinajstić information content (AvgIpc) is 2.73. The van der Waals surface area contributed by atoms with Crippen LogP contribution < -0.4 is 0 Å². The second-order valence-electron chi connectivity index (χ2n) is 4.05. The summed E-state index contributed by atoms with van der Waals surface area (Å²) in [5.74, 6) is 0. The quantitative estimate of drug-likeness (QED) is 0.912. The van der Waals surface area contributed by atoms with Gasteiger partial charge in [-0.2, -0.15) is 18.3 Å². The molecule has 0 saturated heterocycles. The van der Waals surface area contributed by atoms with Crippen molar-refractivity contribution in [2.75, 3.05) is 0 Å². The summed E-state index contributed by atoms with van der Waals surface area (Å²) in [4.78, 5) is 0. The third kappa shape index (κ3) is 2.98. The zero-order valence-corrected chi connectivity index (χ0v) is 11.4. The molecule has 19 heavy (non-hydrogen) atoms. The number of hydrogen-bond donors (Lipinski definition) is 1. The molecule has 0 aliphatic heterocycles. The van der Waals surface area contributed by atoms with Crippen molar-refractivity contribution in [1.29, 1.82) is 0 Å². The number of hydrogen-bond acceptors (Lipinski definition) is 2. The van der Waals surface area contributed by atoms with Gasteiger partial charge in [-0.25, -0.2) is 4.68 Å². The first-order chi connectivity index (χ1) is 8.79. The van der Waals surface area contributed by atoms with Gasteiger partial charge >= 0.3 is 6.18 Å². The molecule has 2 rings (SSSR count). The van der Waals surface area contributed by atoms with Gasteiger partial charge in [0.05, 0.1) is 11.4 Å². The van der Waals surface area contributed by atoms with Gasteiger partial charge in [-0.05, 0) is 25.1 Å². The van der Waals surface area contributed by atoms with Crippen LogP contribution in [-0.2, 0) is 0 Å². The molecule has 0 bridgehead atoms. The number of aliphatic hydroxyl groups excluding tert-OH is 1. The van der Waals surface area contributed by atoms with E-state index in [-0.39, 0.29) is 11.3 Å². The molecule has 1 heterocycles. The minimum atomic E-state index is -4.72. The zero-order chi connectivity index (χ0) is 14.2. The van der Waals surface area contributed by atoms with Gasteiger partial charge in [0.2, 0.25) is 0 Å². The highest BCUT2D eigenvalue weighted by Gasteiger charge is 2.40. The Hall–Kier alpha value is -1.34. The molecular weight excluding hydrogens is 325 g/mol. The molecule has 3 nitrogen and oxygen atoms in total. The van der Waals surface area contributed by atoms with E-state index < -0.39 is 12.3 Å². The van der Waals surface area contributed by atoms with Crippen LogP contribution in [0.4, 0.5) is 13.2 Å². The maximum absolute atomic E-state index is 12.6. The Balaban J connectivity index is 2.56. The van der Waals surface area contributed by atoms with Gasteiger partial charge in [-0.3, -0.25) is 0 Å². The van der Waals surface area contributed by atoms with Crippen LogP contribution >= 0.6 is 15.9 Å². The summed E-state index contributed by atoms with van der Waals surface area (Å²) in [7, 11) is 0. The smallest absolute Gasteiger partial charge is 0.379 e. The maximum atomic E-state index is 12.6. The molecule has 1 aromatic carbocycles. The van der Waals surface area contributed by atoms with Crippen molar-refractivity contribution in [3.8, 4) is 5.69 Å². The van der Waals surface area contributed by atoms with Gasteiger partial charge in [-0.15, -0.1) is 0 Å². The molecule has 0 aliphatic carbocycles. The summed E-state index contributed by atoms with van der Waals surface area (Å²) in [6.07, 6.45) is -5.71. The van der Waals surface area contributed by atoms with Crippen LogP contribution in [0.25, 0.3) is 5.69 Å². The van der Waals surface area contributed by atoms with Crippen molar-refractivity contribution >= 4 is 15.9 Å². The van der Waals surface area contributed by atoms with E-state index in [4.69, 9.17) is 0 Å². The minimum absolute atomic E-state index is 0.187. The van der Waals surface area contributed by atoms with E-state index in [2.05, 4.69) is 21.0 Å². The summed E-state index contributed by atoms with van der Waals surface area (Å²) < 4.78 is 39.9. The Morgan fingerprint density at radius 2 is 2.00 bits per heavy atom. The van der Waals surface area contributed by atoms with Crippen molar-refractivity contribution in [1.82, 2.24) is 9.78 Å². The normalized spacial score (nSPS) is 13.6. The lowest BCUT2D eigenvalue weighted by atomic mass is 10.1. The number of halogens is 4. The van der Waals surface area contributed by atoms with Crippen LogP contribution in [0.1, 0.15) is 17.4 Å². The lowest BCUT2D eigenvalue weighted by Gasteiger charge is -2.18. The van der Waals surface area contributed by atoms with Crippen molar-refractivity contribution in [3.05, 3.63) is 46.2 Å². The number of aliphatic hydroxyl groups is 1. The molecule has 1 aromatic heterocycles. The first-order valence-corrected chi connectivity index (χ1v) is 6.15. The number of benzene rings is 1. The summed E-state index contributed by atoms with van der Waals surface area (Å²) in [6.45, 7) is 1.73. The van der Waals surface area contributed by atoms with Gasteiger partial charge in [0.25, 0.3) is 0 Å². The fourth-order valence-corrected chi connectivity index (χ4v) is 2.02. The highest BCUT2D eigenvalue weighted by atomic mass is 79.9. The second-order valence-corrected chi connectivity index (χ2v) is 4.96. The molecule has 0 amide bonds. The molecule has 7 heteroatoms. The number of aromatic nitrogens is 2. The van der Waals surface area contributed by atoms with E-state index >= 15 is 0 Å².